The number of carbonyl (C=O) groups excluding carboxylic acids is 1. The number of thiophene rings is 1. The molecule has 6 heteroatoms. The molecule has 2 aliphatic rings. The molecule has 0 aliphatic carbocycles. The van der Waals surface area contributed by atoms with Crippen molar-refractivity contribution in [2.45, 2.75) is 11.7 Å². The van der Waals surface area contributed by atoms with Crippen molar-refractivity contribution in [3.63, 3.8) is 0 Å². The van der Waals surface area contributed by atoms with Crippen LogP contribution >= 0.6 is 23.1 Å². The number of aliphatic hydroxyl groups excluding tert-OH is 1. The Morgan fingerprint density at radius 1 is 1.35 bits per heavy atom. The molecule has 110 valence electrons. The molecule has 1 fully saturated rings. The summed E-state index contributed by atoms with van der Waals surface area (Å²) in [5.74, 6) is 1.33. The highest BCUT2D eigenvalue weighted by atomic mass is 32.2. The van der Waals surface area contributed by atoms with E-state index >= 15 is 0 Å². The summed E-state index contributed by atoms with van der Waals surface area (Å²) < 4.78 is 0. The van der Waals surface area contributed by atoms with Crippen LogP contribution in [0.15, 0.2) is 11.4 Å². The highest BCUT2D eigenvalue weighted by Crippen LogP contribution is 2.40. The largest absolute Gasteiger partial charge is 0.395 e. The van der Waals surface area contributed by atoms with Gasteiger partial charge < -0.3 is 10.0 Å². The lowest BCUT2D eigenvalue weighted by molar-refractivity contribution is -0.132. The van der Waals surface area contributed by atoms with Gasteiger partial charge in [0.15, 0.2) is 0 Å². The number of aryl methyl sites for hydroxylation is 1. The summed E-state index contributed by atoms with van der Waals surface area (Å²) in [5, 5.41) is 11.1. The van der Waals surface area contributed by atoms with Crippen molar-refractivity contribution < 1.29 is 9.90 Å². The normalized spacial score (nSPS) is 23.6. The molecule has 0 bridgehead atoms. The number of thioether (sulfide) groups is 1. The Bertz CT molecular complexity index is 469. The topological polar surface area (TPSA) is 43.8 Å². The predicted octanol–water partition coefficient (Wildman–Crippen LogP) is 1.22. The van der Waals surface area contributed by atoms with E-state index in [2.05, 4.69) is 16.3 Å². The van der Waals surface area contributed by atoms with Crippen molar-refractivity contribution in [1.82, 2.24) is 9.80 Å². The highest BCUT2D eigenvalue weighted by molar-refractivity contribution is 8.00. The van der Waals surface area contributed by atoms with Gasteiger partial charge in [-0.2, -0.15) is 0 Å². The van der Waals surface area contributed by atoms with Gasteiger partial charge in [-0.1, -0.05) is 0 Å². The number of fused-ring (bicyclic) bond motifs is 1. The van der Waals surface area contributed by atoms with Crippen molar-refractivity contribution in [3.8, 4) is 0 Å². The zero-order valence-electron chi connectivity index (χ0n) is 11.5. The fourth-order valence-corrected chi connectivity index (χ4v) is 5.22. The minimum absolute atomic E-state index is 0.00870. The van der Waals surface area contributed by atoms with Gasteiger partial charge in [0.1, 0.15) is 5.25 Å². The van der Waals surface area contributed by atoms with E-state index in [9.17, 15) is 4.79 Å². The van der Waals surface area contributed by atoms with Crippen LogP contribution in [-0.2, 0) is 11.2 Å². The Hall–Kier alpha value is -0.560. The molecule has 0 unspecified atom stereocenters. The quantitative estimate of drug-likeness (QED) is 0.911. The zero-order chi connectivity index (χ0) is 13.9. The van der Waals surface area contributed by atoms with Gasteiger partial charge in [-0.25, -0.2) is 0 Å². The van der Waals surface area contributed by atoms with Gasteiger partial charge in [0.25, 0.3) is 0 Å². The van der Waals surface area contributed by atoms with Crippen LogP contribution in [0, 0.1) is 0 Å². The molecular weight excluding hydrogens is 292 g/mol. The molecule has 1 amide bonds. The highest BCUT2D eigenvalue weighted by Gasteiger charge is 2.32. The van der Waals surface area contributed by atoms with Gasteiger partial charge in [0.05, 0.1) is 6.61 Å². The molecule has 3 heterocycles. The van der Waals surface area contributed by atoms with Crippen molar-refractivity contribution in [2.75, 3.05) is 45.1 Å². The molecule has 0 radical (unpaired) electrons. The van der Waals surface area contributed by atoms with Crippen molar-refractivity contribution in [3.05, 3.63) is 21.9 Å². The summed E-state index contributed by atoms with van der Waals surface area (Å²) in [7, 11) is 0. The first-order valence-corrected chi connectivity index (χ1v) is 9.02. The number of aliphatic hydroxyl groups is 1. The molecule has 0 aromatic carbocycles. The standard InChI is InChI=1S/C14H20N2O2S2/c17-8-7-15-3-5-16(6-4-15)14(18)13-11-1-9-19-12(11)2-10-20-13/h1,9,13,17H,2-8,10H2/t13-/m1/s1. The van der Waals surface area contributed by atoms with Gasteiger partial charge in [0.2, 0.25) is 5.91 Å². The molecule has 0 saturated carbocycles. The van der Waals surface area contributed by atoms with Gasteiger partial charge in [-0.15, -0.1) is 23.1 Å². The fraction of sp³-hybridized carbons (Fsp3) is 0.643. The lowest BCUT2D eigenvalue weighted by Gasteiger charge is -2.36. The van der Waals surface area contributed by atoms with Crippen LogP contribution in [0.25, 0.3) is 0 Å². The van der Waals surface area contributed by atoms with Gasteiger partial charge >= 0.3 is 0 Å². The number of nitrogens with zero attached hydrogens (tertiary/aromatic N) is 2. The van der Waals surface area contributed by atoms with Crippen molar-refractivity contribution >= 4 is 29.0 Å². The van der Waals surface area contributed by atoms with Crippen LogP contribution in [0.5, 0.6) is 0 Å². The van der Waals surface area contributed by atoms with E-state index in [-0.39, 0.29) is 17.8 Å². The zero-order valence-corrected chi connectivity index (χ0v) is 13.1. The van der Waals surface area contributed by atoms with Crippen molar-refractivity contribution in [2.24, 2.45) is 0 Å². The van der Waals surface area contributed by atoms with Crippen LogP contribution in [0.1, 0.15) is 15.7 Å². The lowest BCUT2D eigenvalue weighted by Crippen LogP contribution is -2.50. The fourth-order valence-electron chi connectivity index (χ4n) is 2.85. The van der Waals surface area contributed by atoms with Gasteiger partial charge in [0, 0.05) is 37.6 Å². The second kappa shape index (κ2) is 6.47. The molecule has 4 nitrogen and oxygen atoms in total. The molecular formula is C14H20N2O2S2. The van der Waals surface area contributed by atoms with E-state index < -0.39 is 0 Å². The Kier molecular flexibility index (Phi) is 4.65. The maximum Gasteiger partial charge on any atom is 0.240 e. The Morgan fingerprint density at radius 2 is 2.15 bits per heavy atom. The number of amides is 1. The van der Waals surface area contributed by atoms with E-state index in [1.807, 2.05) is 4.90 Å². The average Bonchev–Trinajstić information content (AvgIpc) is 2.96. The maximum absolute atomic E-state index is 12.7. The molecule has 1 saturated heterocycles. The lowest BCUT2D eigenvalue weighted by atomic mass is 10.1. The number of hydrogen-bond donors (Lipinski definition) is 1. The summed E-state index contributed by atoms with van der Waals surface area (Å²) in [6.45, 7) is 4.24. The third kappa shape index (κ3) is 2.88. The molecule has 1 atom stereocenters. The third-order valence-corrected chi connectivity index (χ3v) is 6.23. The molecule has 20 heavy (non-hydrogen) atoms. The molecule has 3 rings (SSSR count). The molecule has 2 aliphatic heterocycles. The summed E-state index contributed by atoms with van der Waals surface area (Å²) in [5.41, 5.74) is 1.24. The summed E-state index contributed by atoms with van der Waals surface area (Å²) in [6.07, 6.45) is 1.10. The third-order valence-electron chi connectivity index (χ3n) is 4.00. The first-order valence-electron chi connectivity index (χ1n) is 7.09. The van der Waals surface area contributed by atoms with Gasteiger partial charge in [-0.05, 0) is 29.2 Å². The molecule has 1 N–H and O–H groups in total. The Labute approximate surface area is 127 Å². The summed E-state index contributed by atoms with van der Waals surface area (Å²) in [4.78, 5) is 18.3. The molecule has 0 spiro atoms. The average molecular weight is 312 g/mol. The smallest absolute Gasteiger partial charge is 0.240 e. The summed E-state index contributed by atoms with van der Waals surface area (Å²) >= 11 is 3.57. The maximum atomic E-state index is 12.7. The SMILES string of the molecule is O=C([C@@H]1SCCc2sccc21)N1CCN(CCO)CC1. The Morgan fingerprint density at radius 3 is 2.90 bits per heavy atom. The van der Waals surface area contributed by atoms with Crippen LogP contribution in [0.3, 0.4) is 0 Å². The van der Waals surface area contributed by atoms with E-state index in [0.29, 0.717) is 0 Å². The number of carbonyl (C=O) groups is 1. The van der Waals surface area contributed by atoms with E-state index in [4.69, 9.17) is 5.11 Å². The van der Waals surface area contributed by atoms with E-state index in [1.165, 1.54) is 10.4 Å². The van der Waals surface area contributed by atoms with Gasteiger partial charge in [-0.3, -0.25) is 9.69 Å². The second-order valence-electron chi connectivity index (χ2n) is 5.19. The van der Waals surface area contributed by atoms with Crippen LogP contribution in [0.2, 0.25) is 0 Å². The van der Waals surface area contributed by atoms with Crippen LogP contribution < -0.4 is 0 Å². The minimum Gasteiger partial charge on any atom is -0.395 e. The predicted molar refractivity (Wildman–Crippen MR) is 83.3 cm³/mol. The Balaban J connectivity index is 1.64. The first kappa shape index (κ1) is 14.4. The van der Waals surface area contributed by atoms with Crippen LogP contribution in [0.4, 0.5) is 0 Å². The van der Waals surface area contributed by atoms with Crippen molar-refractivity contribution in [1.29, 1.82) is 0 Å². The molecule has 1 aromatic rings. The number of rotatable bonds is 3. The number of β-amino-alcohol motifs (C(OH)–C–C–N with tert-alkyl or cyclic N) is 1. The van der Waals surface area contributed by atoms with E-state index in [1.54, 1.807) is 23.1 Å². The monoisotopic (exact) mass is 312 g/mol. The molecule has 1 aromatic heterocycles. The number of piperazine rings is 1. The second-order valence-corrected chi connectivity index (χ2v) is 7.40. The van der Waals surface area contributed by atoms with E-state index in [0.717, 1.165) is 44.9 Å². The minimum atomic E-state index is 0.00870. The van der Waals surface area contributed by atoms with Crippen LogP contribution in [-0.4, -0.2) is 65.9 Å². The summed E-state index contributed by atoms with van der Waals surface area (Å²) in [6, 6.07) is 2.12. The first-order chi connectivity index (χ1) is 9.79. The number of hydrogen-bond acceptors (Lipinski definition) is 5.